The second-order valence-electron chi connectivity index (χ2n) is 4.95. The van der Waals surface area contributed by atoms with E-state index < -0.39 is 0 Å². The summed E-state index contributed by atoms with van der Waals surface area (Å²) in [5.41, 5.74) is 0.678. The van der Waals surface area contributed by atoms with E-state index in [1.54, 1.807) is 4.68 Å². The molecule has 4 heteroatoms. The average molecular weight is 217 g/mol. The highest BCUT2D eigenvalue weighted by atomic mass is 16.5. The molecule has 1 aromatic rings. The third kappa shape index (κ3) is 1.35. The lowest BCUT2D eigenvalue weighted by atomic mass is 9.72. The minimum Gasteiger partial charge on any atom is -0.373 e. The summed E-state index contributed by atoms with van der Waals surface area (Å²) in [6, 6.07) is 4.48. The molecule has 3 heterocycles. The molecule has 4 nitrogen and oxygen atoms in total. The third-order valence-electron chi connectivity index (χ3n) is 3.80. The van der Waals surface area contributed by atoms with E-state index in [0.29, 0.717) is 6.10 Å². The molecule has 0 saturated carbocycles. The highest BCUT2D eigenvalue weighted by Crippen LogP contribution is 2.48. The number of nitrogens with zero attached hydrogens (tertiary/aromatic N) is 3. The molecule has 2 aliphatic rings. The normalized spacial score (nSPS) is 36.5. The average Bonchev–Trinajstić information content (AvgIpc) is 2.94. The van der Waals surface area contributed by atoms with Crippen molar-refractivity contribution in [1.82, 2.24) is 9.78 Å². The predicted molar refractivity (Wildman–Crippen MR) is 57.5 cm³/mol. The summed E-state index contributed by atoms with van der Waals surface area (Å²) in [4.78, 5) is 0. The minimum absolute atomic E-state index is 0.129. The van der Waals surface area contributed by atoms with E-state index in [9.17, 15) is 5.26 Å². The van der Waals surface area contributed by atoms with Gasteiger partial charge in [-0.3, -0.25) is 4.68 Å². The smallest absolute Gasteiger partial charge is 0.0915 e. The lowest BCUT2D eigenvalue weighted by Crippen LogP contribution is -2.33. The van der Waals surface area contributed by atoms with E-state index >= 15 is 0 Å². The second-order valence-corrected chi connectivity index (χ2v) is 4.95. The first-order valence-corrected chi connectivity index (χ1v) is 5.77. The fraction of sp³-hybridized carbons (Fsp3) is 0.667. The van der Waals surface area contributed by atoms with Crippen LogP contribution in [0.2, 0.25) is 0 Å². The van der Waals surface area contributed by atoms with Gasteiger partial charge in [0.2, 0.25) is 0 Å². The minimum atomic E-state index is -0.322. The maximum Gasteiger partial charge on any atom is 0.0915 e. The number of nitriles is 1. The summed E-state index contributed by atoms with van der Waals surface area (Å²) in [7, 11) is 1.90. The fourth-order valence-corrected chi connectivity index (χ4v) is 3.02. The zero-order chi connectivity index (χ0) is 11.2. The molecule has 2 bridgehead atoms. The Balaban J connectivity index is 1.85. The highest BCUT2D eigenvalue weighted by molar-refractivity contribution is 5.17. The molecule has 0 N–H and O–H groups in total. The van der Waals surface area contributed by atoms with Gasteiger partial charge in [-0.25, -0.2) is 0 Å². The standard InChI is InChI=1S/C12H15N3O/c1-15-5-4-9(14-15)6-12(8-13)7-10-2-3-11(12)16-10/h4-5,10-11H,2-3,6-7H2,1H3. The first kappa shape index (κ1) is 9.86. The van der Waals surface area contributed by atoms with Crippen LogP contribution in [0.3, 0.4) is 0 Å². The van der Waals surface area contributed by atoms with Crippen LogP contribution in [0.4, 0.5) is 0 Å². The van der Waals surface area contributed by atoms with Gasteiger partial charge >= 0.3 is 0 Å². The van der Waals surface area contributed by atoms with Crippen LogP contribution in [0.5, 0.6) is 0 Å². The van der Waals surface area contributed by atoms with E-state index in [1.807, 2.05) is 19.3 Å². The van der Waals surface area contributed by atoms with Gasteiger partial charge in [-0.15, -0.1) is 0 Å². The van der Waals surface area contributed by atoms with E-state index in [1.165, 1.54) is 0 Å². The van der Waals surface area contributed by atoms with E-state index in [0.717, 1.165) is 31.4 Å². The number of aromatic nitrogens is 2. The van der Waals surface area contributed by atoms with Gasteiger partial charge in [-0.05, 0) is 25.3 Å². The summed E-state index contributed by atoms with van der Waals surface area (Å²) in [5, 5.41) is 13.8. The van der Waals surface area contributed by atoms with Crippen LogP contribution in [0, 0.1) is 16.7 Å². The zero-order valence-electron chi connectivity index (χ0n) is 9.39. The molecule has 2 saturated heterocycles. The molecule has 0 amide bonds. The van der Waals surface area contributed by atoms with Crippen LogP contribution in [0.15, 0.2) is 12.3 Å². The maximum atomic E-state index is 9.44. The molecule has 2 aliphatic heterocycles. The Morgan fingerprint density at radius 2 is 2.56 bits per heavy atom. The number of fused-ring (bicyclic) bond motifs is 2. The summed E-state index contributed by atoms with van der Waals surface area (Å²) >= 11 is 0. The van der Waals surface area contributed by atoms with Crippen LogP contribution in [-0.2, 0) is 18.2 Å². The Kier molecular flexibility index (Phi) is 2.05. The number of rotatable bonds is 2. The van der Waals surface area contributed by atoms with Gasteiger partial charge in [0.05, 0.1) is 29.4 Å². The van der Waals surface area contributed by atoms with Gasteiger partial charge in [0.25, 0.3) is 0 Å². The van der Waals surface area contributed by atoms with Crippen molar-refractivity contribution in [2.75, 3.05) is 0 Å². The SMILES string of the molecule is Cn1ccc(CC2(C#N)CC3CCC2O3)n1. The molecule has 0 aliphatic carbocycles. The molecule has 2 fully saturated rings. The topological polar surface area (TPSA) is 50.8 Å². The molecule has 3 unspecified atom stereocenters. The summed E-state index contributed by atoms with van der Waals surface area (Å²) < 4.78 is 7.59. The predicted octanol–water partition coefficient (Wildman–Crippen LogP) is 1.42. The van der Waals surface area contributed by atoms with Crippen molar-refractivity contribution in [3.63, 3.8) is 0 Å². The Hall–Kier alpha value is -1.34. The summed E-state index contributed by atoms with van der Waals surface area (Å²) in [6.07, 6.45) is 6.13. The van der Waals surface area contributed by atoms with Crippen LogP contribution < -0.4 is 0 Å². The Morgan fingerprint density at radius 1 is 1.69 bits per heavy atom. The van der Waals surface area contributed by atoms with Crippen LogP contribution >= 0.6 is 0 Å². The van der Waals surface area contributed by atoms with Crippen molar-refractivity contribution in [2.45, 2.75) is 37.9 Å². The lowest BCUT2D eigenvalue weighted by molar-refractivity contribution is 0.0785. The molecule has 84 valence electrons. The number of aryl methyl sites for hydroxylation is 1. The Bertz CT molecular complexity index is 447. The molecule has 3 atom stereocenters. The number of hydrogen-bond acceptors (Lipinski definition) is 3. The van der Waals surface area contributed by atoms with Crippen LogP contribution in [-0.4, -0.2) is 22.0 Å². The molecule has 0 radical (unpaired) electrons. The third-order valence-corrected chi connectivity index (χ3v) is 3.80. The highest BCUT2D eigenvalue weighted by Gasteiger charge is 2.53. The first-order chi connectivity index (χ1) is 7.72. The van der Waals surface area contributed by atoms with Gasteiger partial charge < -0.3 is 4.74 Å². The van der Waals surface area contributed by atoms with E-state index in [-0.39, 0.29) is 11.5 Å². The van der Waals surface area contributed by atoms with E-state index in [4.69, 9.17) is 4.74 Å². The van der Waals surface area contributed by atoms with Gasteiger partial charge in [0.1, 0.15) is 0 Å². The van der Waals surface area contributed by atoms with Gasteiger partial charge in [0, 0.05) is 19.7 Å². The second kappa shape index (κ2) is 3.33. The van der Waals surface area contributed by atoms with Crippen molar-refractivity contribution < 1.29 is 4.74 Å². The van der Waals surface area contributed by atoms with Gasteiger partial charge in [-0.1, -0.05) is 0 Å². The monoisotopic (exact) mass is 217 g/mol. The van der Waals surface area contributed by atoms with Crippen molar-refractivity contribution >= 4 is 0 Å². The summed E-state index contributed by atoms with van der Waals surface area (Å²) in [5.74, 6) is 0. The molecule has 16 heavy (non-hydrogen) atoms. The van der Waals surface area contributed by atoms with E-state index in [2.05, 4.69) is 11.2 Å². The van der Waals surface area contributed by atoms with Gasteiger partial charge in [-0.2, -0.15) is 10.4 Å². The van der Waals surface area contributed by atoms with Crippen molar-refractivity contribution in [3.8, 4) is 6.07 Å². The number of ether oxygens (including phenoxy) is 1. The molecular weight excluding hydrogens is 202 g/mol. The Morgan fingerprint density at radius 3 is 3.06 bits per heavy atom. The van der Waals surface area contributed by atoms with Gasteiger partial charge in [0.15, 0.2) is 0 Å². The molecule has 0 aromatic carbocycles. The van der Waals surface area contributed by atoms with Crippen molar-refractivity contribution in [2.24, 2.45) is 12.5 Å². The maximum absolute atomic E-state index is 9.44. The van der Waals surface area contributed by atoms with Crippen LogP contribution in [0.25, 0.3) is 0 Å². The molecule has 0 spiro atoms. The molecule has 3 rings (SSSR count). The van der Waals surface area contributed by atoms with Crippen molar-refractivity contribution in [1.29, 1.82) is 5.26 Å². The molecule has 1 aromatic heterocycles. The fourth-order valence-electron chi connectivity index (χ4n) is 3.02. The Labute approximate surface area is 94.8 Å². The lowest BCUT2D eigenvalue weighted by Gasteiger charge is -2.27. The van der Waals surface area contributed by atoms with Crippen molar-refractivity contribution in [3.05, 3.63) is 18.0 Å². The number of hydrogen-bond donors (Lipinski definition) is 0. The summed E-state index contributed by atoms with van der Waals surface area (Å²) in [6.45, 7) is 0. The first-order valence-electron chi connectivity index (χ1n) is 5.77. The molecular formula is C12H15N3O. The van der Waals surface area contributed by atoms with Crippen LogP contribution in [0.1, 0.15) is 25.0 Å². The largest absolute Gasteiger partial charge is 0.373 e. The zero-order valence-corrected chi connectivity index (χ0v) is 9.39. The quantitative estimate of drug-likeness (QED) is 0.752.